The van der Waals surface area contributed by atoms with E-state index in [4.69, 9.17) is 22.1 Å². The Balaban J connectivity index is 1.96. The Kier molecular flexibility index (Phi) is 3.49. The molecule has 82 valence electrons. The van der Waals surface area contributed by atoms with E-state index in [0.29, 0.717) is 11.6 Å². The highest BCUT2D eigenvalue weighted by molar-refractivity contribution is 6.30. The second kappa shape index (κ2) is 4.86. The monoisotopic (exact) mass is 225 g/mol. The molecule has 0 saturated heterocycles. The van der Waals surface area contributed by atoms with Gasteiger partial charge in [-0.3, -0.25) is 0 Å². The van der Waals surface area contributed by atoms with Gasteiger partial charge in [0.2, 0.25) is 0 Å². The average molecular weight is 226 g/mol. The summed E-state index contributed by atoms with van der Waals surface area (Å²) < 4.78 is 5.69. The number of halogens is 1. The Bertz CT molecular complexity index is 336. The van der Waals surface area contributed by atoms with Gasteiger partial charge in [-0.1, -0.05) is 18.0 Å². The van der Waals surface area contributed by atoms with Gasteiger partial charge in [0.05, 0.1) is 6.61 Å². The zero-order chi connectivity index (χ0) is 10.7. The van der Waals surface area contributed by atoms with Crippen LogP contribution in [0.2, 0.25) is 5.02 Å². The van der Waals surface area contributed by atoms with E-state index >= 15 is 0 Å². The van der Waals surface area contributed by atoms with Crippen LogP contribution in [0.5, 0.6) is 5.75 Å². The minimum Gasteiger partial charge on any atom is -0.493 e. The third-order valence-electron chi connectivity index (χ3n) is 2.88. The SMILES string of the molecule is NCc1cc(Cl)cc(OCC2CCC2)c1. The standard InChI is InChI=1S/C12H16ClNO/c13-11-4-10(7-14)5-12(6-11)15-8-9-2-1-3-9/h4-6,9H,1-3,7-8,14H2. The molecule has 0 unspecified atom stereocenters. The van der Waals surface area contributed by atoms with Crippen molar-refractivity contribution in [2.75, 3.05) is 6.61 Å². The van der Waals surface area contributed by atoms with Crippen LogP contribution in [0.1, 0.15) is 24.8 Å². The predicted octanol–water partition coefficient (Wildman–Crippen LogP) is 2.98. The number of ether oxygens (including phenoxy) is 1. The molecule has 0 aliphatic heterocycles. The van der Waals surface area contributed by atoms with Gasteiger partial charge in [0, 0.05) is 11.6 Å². The smallest absolute Gasteiger partial charge is 0.121 e. The van der Waals surface area contributed by atoms with E-state index in [1.165, 1.54) is 19.3 Å². The summed E-state index contributed by atoms with van der Waals surface area (Å²) >= 11 is 5.96. The van der Waals surface area contributed by atoms with Crippen LogP contribution >= 0.6 is 11.6 Å². The maximum atomic E-state index is 5.96. The van der Waals surface area contributed by atoms with E-state index in [-0.39, 0.29) is 0 Å². The Morgan fingerprint density at radius 2 is 2.13 bits per heavy atom. The molecule has 2 nitrogen and oxygen atoms in total. The number of hydrogen-bond acceptors (Lipinski definition) is 2. The molecule has 1 aromatic rings. The first-order valence-electron chi connectivity index (χ1n) is 5.40. The Morgan fingerprint density at radius 3 is 2.73 bits per heavy atom. The number of hydrogen-bond donors (Lipinski definition) is 1. The van der Waals surface area contributed by atoms with Crippen LogP contribution in [-0.4, -0.2) is 6.61 Å². The van der Waals surface area contributed by atoms with Gasteiger partial charge in [-0.25, -0.2) is 0 Å². The first kappa shape index (κ1) is 10.8. The van der Waals surface area contributed by atoms with E-state index in [0.717, 1.165) is 23.8 Å². The number of rotatable bonds is 4. The fourth-order valence-electron chi connectivity index (χ4n) is 1.70. The van der Waals surface area contributed by atoms with Crippen LogP contribution in [0.3, 0.4) is 0 Å². The van der Waals surface area contributed by atoms with Crippen molar-refractivity contribution in [1.82, 2.24) is 0 Å². The summed E-state index contributed by atoms with van der Waals surface area (Å²) in [5, 5.41) is 0.696. The quantitative estimate of drug-likeness (QED) is 0.855. The maximum absolute atomic E-state index is 5.96. The van der Waals surface area contributed by atoms with Crippen molar-refractivity contribution in [2.45, 2.75) is 25.8 Å². The van der Waals surface area contributed by atoms with Gasteiger partial charge >= 0.3 is 0 Å². The highest BCUT2D eigenvalue weighted by Crippen LogP contribution is 2.28. The van der Waals surface area contributed by atoms with E-state index in [2.05, 4.69) is 0 Å². The summed E-state index contributed by atoms with van der Waals surface area (Å²) in [7, 11) is 0. The molecule has 0 spiro atoms. The highest BCUT2D eigenvalue weighted by Gasteiger charge is 2.17. The molecule has 0 atom stereocenters. The molecule has 2 N–H and O–H groups in total. The molecule has 2 rings (SSSR count). The largest absolute Gasteiger partial charge is 0.493 e. The number of benzene rings is 1. The molecule has 15 heavy (non-hydrogen) atoms. The van der Waals surface area contributed by atoms with Crippen molar-refractivity contribution in [1.29, 1.82) is 0 Å². The van der Waals surface area contributed by atoms with Gasteiger partial charge in [0.25, 0.3) is 0 Å². The Morgan fingerprint density at radius 1 is 1.33 bits per heavy atom. The zero-order valence-electron chi connectivity index (χ0n) is 8.71. The second-order valence-electron chi connectivity index (χ2n) is 4.11. The molecule has 0 radical (unpaired) electrons. The molecule has 0 bridgehead atoms. The summed E-state index contributed by atoms with van der Waals surface area (Å²) in [6.07, 6.45) is 3.94. The normalized spacial score (nSPS) is 16.1. The fourth-order valence-corrected chi connectivity index (χ4v) is 1.94. The predicted molar refractivity (Wildman–Crippen MR) is 62.2 cm³/mol. The lowest BCUT2D eigenvalue weighted by Crippen LogP contribution is -2.19. The van der Waals surface area contributed by atoms with Gasteiger partial charge in [-0.15, -0.1) is 0 Å². The van der Waals surface area contributed by atoms with E-state index < -0.39 is 0 Å². The average Bonchev–Trinajstić information content (AvgIpc) is 2.14. The first-order valence-corrected chi connectivity index (χ1v) is 5.78. The highest BCUT2D eigenvalue weighted by atomic mass is 35.5. The van der Waals surface area contributed by atoms with Crippen molar-refractivity contribution in [2.24, 2.45) is 11.7 Å². The third kappa shape index (κ3) is 2.86. The molecule has 1 aliphatic carbocycles. The molecule has 1 fully saturated rings. The minimum atomic E-state index is 0.500. The van der Waals surface area contributed by atoms with Crippen LogP contribution in [0, 0.1) is 5.92 Å². The van der Waals surface area contributed by atoms with Crippen molar-refractivity contribution in [3.63, 3.8) is 0 Å². The lowest BCUT2D eigenvalue weighted by atomic mass is 9.86. The molecular weight excluding hydrogens is 210 g/mol. The topological polar surface area (TPSA) is 35.2 Å². The van der Waals surface area contributed by atoms with Gasteiger partial charge in [0.15, 0.2) is 0 Å². The van der Waals surface area contributed by atoms with E-state index in [1.807, 2.05) is 18.2 Å². The van der Waals surface area contributed by atoms with Crippen LogP contribution in [0.25, 0.3) is 0 Å². The van der Waals surface area contributed by atoms with Crippen LogP contribution < -0.4 is 10.5 Å². The van der Waals surface area contributed by atoms with E-state index in [1.54, 1.807) is 0 Å². The Labute approximate surface area is 95.4 Å². The summed E-state index contributed by atoms with van der Waals surface area (Å²) in [5.74, 6) is 1.58. The summed E-state index contributed by atoms with van der Waals surface area (Å²) in [5.41, 5.74) is 6.59. The van der Waals surface area contributed by atoms with Crippen LogP contribution in [0.15, 0.2) is 18.2 Å². The lowest BCUT2D eigenvalue weighted by Gasteiger charge is -2.25. The molecule has 1 aromatic carbocycles. The molecule has 1 aliphatic rings. The van der Waals surface area contributed by atoms with Crippen molar-refractivity contribution < 1.29 is 4.74 Å². The molecule has 0 amide bonds. The molecule has 0 aromatic heterocycles. The van der Waals surface area contributed by atoms with Crippen molar-refractivity contribution in [3.8, 4) is 5.75 Å². The third-order valence-corrected chi connectivity index (χ3v) is 3.10. The van der Waals surface area contributed by atoms with Crippen molar-refractivity contribution >= 4 is 11.6 Å². The van der Waals surface area contributed by atoms with Crippen LogP contribution in [-0.2, 0) is 6.54 Å². The van der Waals surface area contributed by atoms with Gasteiger partial charge in [0.1, 0.15) is 5.75 Å². The first-order chi connectivity index (χ1) is 7.28. The van der Waals surface area contributed by atoms with Gasteiger partial charge < -0.3 is 10.5 Å². The fraction of sp³-hybridized carbons (Fsp3) is 0.500. The molecule has 3 heteroatoms. The summed E-state index contributed by atoms with van der Waals surface area (Å²) in [6.45, 7) is 1.31. The Hall–Kier alpha value is -0.730. The van der Waals surface area contributed by atoms with Gasteiger partial charge in [-0.2, -0.15) is 0 Å². The van der Waals surface area contributed by atoms with Crippen LogP contribution in [0.4, 0.5) is 0 Å². The zero-order valence-corrected chi connectivity index (χ0v) is 9.46. The minimum absolute atomic E-state index is 0.500. The van der Waals surface area contributed by atoms with E-state index in [9.17, 15) is 0 Å². The molecular formula is C12H16ClNO. The van der Waals surface area contributed by atoms with Gasteiger partial charge in [-0.05, 0) is 42.5 Å². The second-order valence-corrected chi connectivity index (χ2v) is 4.54. The molecule has 1 saturated carbocycles. The maximum Gasteiger partial charge on any atom is 0.121 e. The molecule has 0 heterocycles. The summed E-state index contributed by atoms with van der Waals surface area (Å²) in [4.78, 5) is 0. The lowest BCUT2D eigenvalue weighted by molar-refractivity contribution is 0.180. The van der Waals surface area contributed by atoms with Crippen molar-refractivity contribution in [3.05, 3.63) is 28.8 Å². The summed E-state index contributed by atoms with van der Waals surface area (Å²) in [6, 6.07) is 5.68. The number of nitrogens with two attached hydrogens (primary N) is 1.